The average molecular weight is 241 g/mol. The SMILES string of the molecule is COc1ccc(CC/C=C/C(=O)O)cc1Cl. The van der Waals surface area contributed by atoms with E-state index in [1.165, 1.54) is 0 Å². The first-order valence-corrected chi connectivity index (χ1v) is 5.23. The highest BCUT2D eigenvalue weighted by atomic mass is 35.5. The van der Waals surface area contributed by atoms with Gasteiger partial charge in [0.25, 0.3) is 0 Å². The number of rotatable bonds is 5. The van der Waals surface area contributed by atoms with Gasteiger partial charge in [-0.3, -0.25) is 0 Å². The smallest absolute Gasteiger partial charge is 0.327 e. The summed E-state index contributed by atoms with van der Waals surface area (Å²) in [6.07, 6.45) is 4.20. The van der Waals surface area contributed by atoms with Crippen molar-refractivity contribution in [3.05, 3.63) is 40.9 Å². The summed E-state index contributed by atoms with van der Waals surface area (Å²) in [4.78, 5) is 10.2. The molecule has 0 unspecified atom stereocenters. The van der Waals surface area contributed by atoms with Gasteiger partial charge in [-0.05, 0) is 30.5 Å². The van der Waals surface area contributed by atoms with Crippen LogP contribution in [0.15, 0.2) is 30.4 Å². The molecule has 0 radical (unpaired) electrons. The van der Waals surface area contributed by atoms with E-state index in [0.717, 1.165) is 18.1 Å². The van der Waals surface area contributed by atoms with Crippen LogP contribution in [-0.4, -0.2) is 18.2 Å². The Bertz CT molecular complexity index is 399. The van der Waals surface area contributed by atoms with Crippen LogP contribution in [0.25, 0.3) is 0 Å². The quantitative estimate of drug-likeness (QED) is 0.805. The number of carboxylic acid groups (broad SMARTS) is 1. The Morgan fingerprint density at radius 1 is 1.56 bits per heavy atom. The molecule has 1 rings (SSSR count). The minimum Gasteiger partial charge on any atom is -0.495 e. The third kappa shape index (κ3) is 3.95. The van der Waals surface area contributed by atoms with Crippen LogP contribution >= 0.6 is 11.6 Å². The van der Waals surface area contributed by atoms with Gasteiger partial charge >= 0.3 is 5.97 Å². The van der Waals surface area contributed by atoms with E-state index in [9.17, 15) is 4.79 Å². The third-order valence-corrected chi connectivity index (χ3v) is 2.37. The summed E-state index contributed by atoms with van der Waals surface area (Å²) < 4.78 is 5.03. The molecule has 0 saturated carbocycles. The molecule has 4 heteroatoms. The van der Waals surface area contributed by atoms with Crippen molar-refractivity contribution in [3.63, 3.8) is 0 Å². The molecule has 0 aromatic heterocycles. The number of carboxylic acids is 1. The molecule has 0 saturated heterocycles. The molecule has 1 aromatic carbocycles. The van der Waals surface area contributed by atoms with Gasteiger partial charge in [0.05, 0.1) is 12.1 Å². The Kier molecular flexibility index (Phi) is 4.86. The number of carbonyl (C=O) groups is 1. The Morgan fingerprint density at radius 3 is 2.88 bits per heavy atom. The fourth-order valence-electron chi connectivity index (χ4n) is 1.30. The molecule has 0 fully saturated rings. The zero-order chi connectivity index (χ0) is 12.0. The van der Waals surface area contributed by atoms with Gasteiger partial charge in [-0.2, -0.15) is 0 Å². The molecule has 1 N–H and O–H groups in total. The Labute approximate surface area is 99.3 Å². The fraction of sp³-hybridized carbons (Fsp3) is 0.250. The van der Waals surface area contributed by atoms with Gasteiger partial charge in [-0.25, -0.2) is 4.79 Å². The molecule has 0 heterocycles. The van der Waals surface area contributed by atoms with E-state index in [-0.39, 0.29) is 0 Å². The molecule has 16 heavy (non-hydrogen) atoms. The maximum atomic E-state index is 10.2. The molecule has 1 aromatic rings. The third-order valence-electron chi connectivity index (χ3n) is 2.08. The van der Waals surface area contributed by atoms with E-state index in [0.29, 0.717) is 17.2 Å². The van der Waals surface area contributed by atoms with Gasteiger partial charge in [-0.15, -0.1) is 0 Å². The summed E-state index contributed by atoms with van der Waals surface area (Å²) in [5, 5.41) is 8.97. The standard InChI is InChI=1S/C12H13ClO3/c1-16-11-7-6-9(8-10(11)13)4-2-3-5-12(14)15/h3,5-8H,2,4H2,1H3,(H,14,15)/b5-3+. The summed E-state index contributed by atoms with van der Waals surface area (Å²) in [6, 6.07) is 5.55. The lowest BCUT2D eigenvalue weighted by Crippen LogP contribution is -1.89. The maximum Gasteiger partial charge on any atom is 0.327 e. The van der Waals surface area contributed by atoms with Crippen LogP contribution in [0, 0.1) is 0 Å². The Balaban J connectivity index is 2.55. The van der Waals surface area contributed by atoms with Gasteiger partial charge in [0.2, 0.25) is 0 Å². The lowest BCUT2D eigenvalue weighted by atomic mass is 10.1. The second-order valence-corrected chi connectivity index (χ2v) is 3.66. The van der Waals surface area contributed by atoms with Crippen molar-refractivity contribution >= 4 is 17.6 Å². The molecule has 0 aliphatic heterocycles. The van der Waals surface area contributed by atoms with E-state index in [2.05, 4.69) is 0 Å². The highest BCUT2D eigenvalue weighted by Gasteiger charge is 2.00. The fourth-order valence-corrected chi connectivity index (χ4v) is 1.58. The second kappa shape index (κ2) is 6.18. The monoisotopic (exact) mass is 240 g/mol. The normalized spacial score (nSPS) is 10.6. The Morgan fingerprint density at radius 2 is 2.31 bits per heavy atom. The van der Waals surface area contributed by atoms with Gasteiger partial charge in [0, 0.05) is 6.08 Å². The molecule has 0 atom stereocenters. The van der Waals surface area contributed by atoms with E-state index in [1.54, 1.807) is 19.3 Å². The molecular weight excluding hydrogens is 228 g/mol. The van der Waals surface area contributed by atoms with Crippen molar-refractivity contribution in [2.45, 2.75) is 12.8 Å². The van der Waals surface area contributed by atoms with Crippen molar-refractivity contribution in [3.8, 4) is 5.75 Å². The molecule has 0 spiro atoms. The second-order valence-electron chi connectivity index (χ2n) is 3.25. The number of hydrogen-bond acceptors (Lipinski definition) is 2. The molecule has 3 nitrogen and oxygen atoms in total. The van der Waals surface area contributed by atoms with Crippen LogP contribution in [-0.2, 0) is 11.2 Å². The number of ether oxygens (including phenoxy) is 1. The molecule has 0 aliphatic rings. The van der Waals surface area contributed by atoms with Crippen LogP contribution in [0.4, 0.5) is 0 Å². The first kappa shape index (κ1) is 12.6. The van der Waals surface area contributed by atoms with Gasteiger partial charge in [0.1, 0.15) is 5.75 Å². The molecular formula is C12H13ClO3. The van der Waals surface area contributed by atoms with Crippen LogP contribution in [0.2, 0.25) is 5.02 Å². The number of benzene rings is 1. The summed E-state index contributed by atoms with van der Waals surface area (Å²) in [7, 11) is 1.57. The highest BCUT2D eigenvalue weighted by molar-refractivity contribution is 6.32. The number of methoxy groups -OCH3 is 1. The van der Waals surface area contributed by atoms with Crippen molar-refractivity contribution in [2.24, 2.45) is 0 Å². The van der Waals surface area contributed by atoms with E-state index < -0.39 is 5.97 Å². The first-order chi connectivity index (χ1) is 7.63. The summed E-state index contributed by atoms with van der Waals surface area (Å²) >= 11 is 5.96. The number of aryl methyl sites for hydroxylation is 1. The molecule has 86 valence electrons. The highest BCUT2D eigenvalue weighted by Crippen LogP contribution is 2.25. The van der Waals surface area contributed by atoms with Gasteiger partial charge in [0.15, 0.2) is 0 Å². The van der Waals surface area contributed by atoms with Crippen LogP contribution in [0.3, 0.4) is 0 Å². The van der Waals surface area contributed by atoms with Crippen molar-refractivity contribution in [1.29, 1.82) is 0 Å². The van der Waals surface area contributed by atoms with Crippen molar-refractivity contribution in [1.82, 2.24) is 0 Å². The van der Waals surface area contributed by atoms with Crippen LogP contribution in [0.1, 0.15) is 12.0 Å². The summed E-state index contributed by atoms with van der Waals surface area (Å²) in [5.41, 5.74) is 1.06. The first-order valence-electron chi connectivity index (χ1n) is 4.85. The lowest BCUT2D eigenvalue weighted by molar-refractivity contribution is -0.131. The van der Waals surface area contributed by atoms with Gasteiger partial charge < -0.3 is 9.84 Å². The van der Waals surface area contributed by atoms with Crippen molar-refractivity contribution in [2.75, 3.05) is 7.11 Å². The molecule has 0 amide bonds. The lowest BCUT2D eigenvalue weighted by Gasteiger charge is -2.04. The number of halogens is 1. The molecule has 0 bridgehead atoms. The zero-order valence-corrected chi connectivity index (χ0v) is 9.70. The van der Waals surface area contributed by atoms with Gasteiger partial charge in [-0.1, -0.05) is 23.7 Å². The average Bonchev–Trinajstić information content (AvgIpc) is 2.24. The minimum absolute atomic E-state index is 0.571. The zero-order valence-electron chi connectivity index (χ0n) is 8.94. The number of aliphatic carboxylic acids is 1. The predicted molar refractivity (Wildman–Crippen MR) is 63.1 cm³/mol. The predicted octanol–water partition coefficient (Wildman–Crippen LogP) is 2.92. The van der Waals surface area contributed by atoms with Crippen LogP contribution < -0.4 is 4.74 Å². The number of allylic oxidation sites excluding steroid dienone is 1. The Hall–Kier alpha value is -1.48. The van der Waals surface area contributed by atoms with E-state index in [1.807, 2.05) is 12.1 Å². The van der Waals surface area contributed by atoms with Crippen molar-refractivity contribution < 1.29 is 14.6 Å². The van der Waals surface area contributed by atoms with Crippen LogP contribution in [0.5, 0.6) is 5.75 Å². The molecule has 0 aliphatic carbocycles. The topological polar surface area (TPSA) is 46.5 Å². The van der Waals surface area contributed by atoms with E-state index >= 15 is 0 Å². The van der Waals surface area contributed by atoms with E-state index in [4.69, 9.17) is 21.4 Å². The largest absolute Gasteiger partial charge is 0.495 e. The minimum atomic E-state index is -0.923. The summed E-state index contributed by atoms with van der Waals surface area (Å²) in [6.45, 7) is 0. The number of hydrogen-bond donors (Lipinski definition) is 1. The maximum absolute atomic E-state index is 10.2. The summed E-state index contributed by atoms with van der Waals surface area (Å²) in [5.74, 6) is -0.278.